The molecule has 1 aromatic carbocycles. The van der Waals surface area contributed by atoms with Crippen LogP contribution in [0.3, 0.4) is 0 Å². The minimum atomic E-state index is -0.207. The number of nitrogens with zero attached hydrogens (tertiary/aromatic N) is 1. The van der Waals surface area contributed by atoms with Gasteiger partial charge in [-0.1, -0.05) is 22.0 Å². The fourth-order valence-electron chi connectivity index (χ4n) is 2.13. The second-order valence-corrected chi connectivity index (χ2v) is 4.98. The van der Waals surface area contributed by atoms with Crippen LogP contribution in [0.4, 0.5) is 4.39 Å². The highest BCUT2D eigenvalue weighted by Gasteiger charge is 2.23. The second kappa shape index (κ2) is 5.91. The molecule has 2 N–H and O–H groups in total. The number of hydrogen-bond acceptors (Lipinski definition) is 3. The van der Waals surface area contributed by atoms with E-state index < -0.39 is 0 Å². The molecule has 5 heteroatoms. The van der Waals surface area contributed by atoms with E-state index in [1.54, 1.807) is 6.07 Å². The van der Waals surface area contributed by atoms with Crippen LogP contribution in [0.1, 0.15) is 11.6 Å². The summed E-state index contributed by atoms with van der Waals surface area (Å²) in [5.74, 6) is -0.207. The Morgan fingerprint density at radius 1 is 1.41 bits per heavy atom. The molecule has 17 heavy (non-hydrogen) atoms. The first-order chi connectivity index (χ1) is 8.22. The first kappa shape index (κ1) is 13.0. The third-order valence-electron chi connectivity index (χ3n) is 3.03. The minimum Gasteiger partial charge on any atom is -0.379 e. The minimum absolute atomic E-state index is 0.0630. The number of ether oxygens (including phenoxy) is 1. The van der Waals surface area contributed by atoms with Crippen molar-refractivity contribution >= 4 is 15.9 Å². The number of nitrogens with two attached hydrogens (primary N) is 1. The molecule has 0 spiro atoms. The Morgan fingerprint density at radius 3 is 2.71 bits per heavy atom. The van der Waals surface area contributed by atoms with Crippen LogP contribution in [-0.4, -0.2) is 37.7 Å². The van der Waals surface area contributed by atoms with Crippen molar-refractivity contribution in [1.29, 1.82) is 0 Å². The first-order valence-corrected chi connectivity index (χ1v) is 6.48. The maximum Gasteiger partial charge on any atom is 0.129 e. The number of morpholine rings is 1. The Kier molecular flexibility index (Phi) is 4.50. The normalized spacial score (nSPS) is 19.2. The lowest BCUT2D eigenvalue weighted by atomic mass is 10.0. The fraction of sp³-hybridized carbons (Fsp3) is 0.500. The van der Waals surface area contributed by atoms with E-state index in [0.717, 1.165) is 17.6 Å². The summed E-state index contributed by atoms with van der Waals surface area (Å²) in [6, 6.07) is 5.07. The van der Waals surface area contributed by atoms with Crippen molar-refractivity contribution < 1.29 is 9.13 Å². The average molecular weight is 303 g/mol. The average Bonchev–Trinajstić information content (AvgIpc) is 2.34. The number of rotatable bonds is 3. The zero-order chi connectivity index (χ0) is 12.3. The second-order valence-electron chi connectivity index (χ2n) is 4.07. The Hall–Kier alpha value is -0.490. The van der Waals surface area contributed by atoms with E-state index in [2.05, 4.69) is 20.8 Å². The summed E-state index contributed by atoms with van der Waals surface area (Å²) in [6.45, 7) is 3.40. The quantitative estimate of drug-likeness (QED) is 0.927. The topological polar surface area (TPSA) is 38.5 Å². The summed E-state index contributed by atoms with van der Waals surface area (Å²) in [4.78, 5) is 2.18. The molecule has 0 bridgehead atoms. The molecule has 1 heterocycles. The predicted molar refractivity (Wildman–Crippen MR) is 68.3 cm³/mol. The third-order valence-corrected chi connectivity index (χ3v) is 3.52. The summed E-state index contributed by atoms with van der Waals surface area (Å²) < 4.78 is 19.9. The van der Waals surface area contributed by atoms with Gasteiger partial charge >= 0.3 is 0 Å². The first-order valence-electron chi connectivity index (χ1n) is 5.69. The molecule has 94 valence electrons. The highest BCUT2D eigenvalue weighted by atomic mass is 79.9. The van der Waals surface area contributed by atoms with Gasteiger partial charge < -0.3 is 10.5 Å². The molecular formula is C12H16BrFN2O. The number of hydrogen-bond donors (Lipinski definition) is 1. The van der Waals surface area contributed by atoms with Crippen molar-refractivity contribution in [3.63, 3.8) is 0 Å². The molecule has 1 aromatic rings. The van der Waals surface area contributed by atoms with Crippen molar-refractivity contribution in [2.45, 2.75) is 6.04 Å². The summed E-state index contributed by atoms with van der Waals surface area (Å²) in [6.07, 6.45) is 0. The Bertz CT molecular complexity index is 383. The molecule has 0 radical (unpaired) electrons. The van der Waals surface area contributed by atoms with Crippen LogP contribution < -0.4 is 5.73 Å². The molecule has 1 unspecified atom stereocenters. The maximum absolute atomic E-state index is 13.9. The molecule has 0 saturated carbocycles. The molecule has 1 fully saturated rings. The van der Waals surface area contributed by atoms with Gasteiger partial charge in [0.1, 0.15) is 5.82 Å². The molecule has 3 nitrogen and oxygen atoms in total. The SMILES string of the molecule is NCC(c1ccc(Br)cc1F)N1CCOCC1. The van der Waals surface area contributed by atoms with Gasteiger partial charge in [-0.15, -0.1) is 0 Å². The molecule has 0 amide bonds. The summed E-state index contributed by atoms with van der Waals surface area (Å²) in [5, 5.41) is 0. The third kappa shape index (κ3) is 3.04. The number of benzene rings is 1. The van der Waals surface area contributed by atoms with Crippen LogP contribution in [-0.2, 0) is 4.74 Å². The molecule has 1 atom stereocenters. The van der Waals surface area contributed by atoms with E-state index >= 15 is 0 Å². The largest absolute Gasteiger partial charge is 0.379 e. The van der Waals surface area contributed by atoms with Crippen LogP contribution in [0.25, 0.3) is 0 Å². The molecule has 1 aliphatic rings. The molecule has 1 aliphatic heterocycles. The summed E-state index contributed by atoms with van der Waals surface area (Å²) in [5.41, 5.74) is 6.45. The maximum atomic E-state index is 13.9. The van der Waals surface area contributed by atoms with Gasteiger partial charge in [0.25, 0.3) is 0 Å². The predicted octanol–water partition coefficient (Wildman–Crippen LogP) is 1.92. The smallest absolute Gasteiger partial charge is 0.129 e. The van der Waals surface area contributed by atoms with Crippen LogP contribution >= 0.6 is 15.9 Å². The van der Waals surface area contributed by atoms with Gasteiger partial charge in [-0.25, -0.2) is 4.39 Å². The molecule has 0 aliphatic carbocycles. The van der Waals surface area contributed by atoms with E-state index in [9.17, 15) is 4.39 Å². The van der Waals surface area contributed by atoms with E-state index in [1.165, 1.54) is 6.07 Å². The van der Waals surface area contributed by atoms with Gasteiger partial charge in [0.05, 0.1) is 19.3 Å². The standard InChI is InChI=1S/C12H16BrFN2O/c13-9-1-2-10(11(14)7-9)12(8-15)16-3-5-17-6-4-16/h1-2,7,12H,3-6,8,15H2. The van der Waals surface area contributed by atoms with Crippen molar-refractivity contribution in [1.82, 2.24) is 4.90 Å². The van der Waals surface area contributed by atoms with Gasteiger partial charge in [-0.3, -0.25) is 4.90 Å². The van der Waals surface area contributed by atoms with Gasteiger partial charge in [0.2, 0.25) is 0 Å². The Labute approximate surface area is 109 Å². The lowest BCUT2D eigenvalue weighted by Crippen LogP contribution is -2.42. The Balaban J connectivity index is 2.21. The Morgan fingerprint density at radius 2 is 2.12 bits per heavy atom. The van der Waals surface area contributed by atoms with Crippen molar-refractivity contribution in [2.75, 3.05) is 32.8 Å². The van der Waals surface area contributed by atoms with Gasteiger partial charge in [0.15, 0.2) is 0 Å². The zero-order valence-corrected chi connectivity index (χ0v) is 11.1. The summed E-state index contributed by atoms with van der Waals surface area (Å²) in [7, 11) is 0. The molecule has 0 aromatic heterocycles. The molecule has 1 saturated heterocycles. The van der Waals surface area contributed by atoms with Gasteiger partial charge in [-0.05, 0) is 12.1 Å². The van der Waals surface area contributed by atoms with Crippen molar-refractivity contribution in [3.05, 3.63) is 34.1 Å². The summed E-state index contributed by atoms with van der Waals surface area (Å²) >= 11 is 3.26. The highest BCUT2D eigenvalue weighted by Crippen LogP contribution is 2.25. The van der Waals surface area contributed by atoms with Gasteiger partial charge in [0, 0.05) is 29.7 Å². The van der Waals surface area contributed by atoms with E-state index in [1.807, 2.05) is 6.07 Å². The van der Waals surface area contributed by atoms with E-state index in [0.29, 0.717) is 25.3 Å². The van der Waals surface area contributed by atoms with Gasteiger partial charge in [-0.2, -0.15) is 0 Å². The van der Waals surface area contributed by atoms with E-state index in [4.69, 9.17) is 10.5 Å². The highest BCUT2D eigenvalue weighted by molar-refractivity contribution is 9.10. The van der Waals surface area contributed by atoms with Crippen LogP contribution in [0.15, 0.2) is 22.7 Å². The van der Waals surface area contributed by atoms with Crippen LogP contribution in [0.5, 0.6) is 0 Å². The number of halogens is 2. The van der Waals surface area contributed by atoms with Crippen LogP contribution in [0, 0.1) is 5.82 Å². The zero-order valence-electron chi connectivity index (χ0n) is 9.53. The lowest BCUT2D eigenvalue weighted by Gasteiger charge is -2.34. The lowest BCUT2D eigenvalue weighted by molar-refractivity contribution is 0.0172. The van der Waals surface area contributed by atoms with Crippen LogP contribution in [0.2, 0.25) is 0 Å². The van der Waals surface area contributed by atoms with E-state index in [-0.39, 0.29) is 11.9 Å². The van der Waals surface area contributed by atoms with Crippen molar-refractivity contribution in [3.8, 4) is 0 Å². The van der Waals surface area contributed by atoms with Crippen molar-refractivity contribution in [2.24, 2.45) is 5.73 Å². The molecule has 2 rings (SSSR count). The molecular weight excluding hydrogens is 287 g/mol. The monoisotopic (exact) mass is 302 g/mol. The fourth-order valence-corrected chi connectivity index (χ4v) is 2.47.